The fourth-order valence-electron chi connectivity index (χ4n) is 3.81. The molecule has 4 rings (SSSR count). The van der Waals surface area contributed by atoms with Crippen LogP contribution in [0.25, 0.3) is 11.1 Å². The number of carbonyl (C=O) groups is 1. The first-order valence-corrected chi connectivity index (χ1v) is 9.68. The zero-order valence-corrected chi connectivity index (χ0v) is 16.1. The van der Waals surface area contributed by atoms with Gasteiger partial charge in [-0.15, -0.1) is 0 Å². The molecule has 4 nitrogen and oxygen atoms in total. The number of halogens is 2. The molecule has 2 N–H and O–H groups in total. The van der Waals surface area contributed by atoms with E-state index in [1.807, 2.05) is 48.5 Å². The van der Waals surface area contributed by atoms with E-state index in [4.69, 9.17) is 4.74 Å². The normalized spacial score (nSPS) is 14.0. The predicted octanol–water partition coefficient (Wildman–Crippen LogP) is 4.68. The van der Waals surface area contributed by atoms with Crippen LogP contribution in [0.3, 0.4) is 0 Å². The molecule has 1 aliphatic carbocycles. The Labute approximate surface area is 173 Å². The van der Waals surface area contributed by atoms with E-state index in [0.29, 0.717) is 0 Å². The highest BCUT2D eigenvalue weighted by molar-refractivity contribution is 5.79. The van der Waals surface area contributed by atoms with Gasteiger partial charge < -0.3 is 15.2 Å². The Morgan fingerprint density at radius 2 is 1.47 bits per heavy atom. The number of benzene rings is 3. The van der Waals surface area contributed by atoms with E-state index in [1.54, 1.807) is 6.07 Å². The Balaban J connectivity index is 1.37. The highest BCUT2D eigenvalue weighted by Crippen LogP contribution is 2.44. The molecule has 0 fully saturated rings. The molecule has 0 bridgehead atoms. The quantitative estimate of drug-likeness (QED) is 0.622. The molecule has 0 aromatic heterocycles. The number of hydrogen-bond acceptors (Lipinski definition) is 3. The van der Waals surface area contributed by atoms with Crippen molar-refractivity contribution in [1.29, 1.82) is 0 Å². The number of alkyl carbamates (subject to hydrolysis) is 1. The second kappa shape index (κ2) is 8.24. The van der Waals surface area contributed by atoms with Crippen molar-refractivity contribution in [2.45, 2.75) is 17.9 Å². The van der Waals surface area contributed by atoms with E-state index in [2.05, 4.69) is 5.32 Å². The standard InChI is InChI=1S/C24H21F2NO3/c25-24(26,16-8-2-1-3-9-16)22(28)14-27-23(29)30-15-21-19-12-6-4-10-17(19)18-11-5-7-13-20(18)21/h1-13,21-22,28H,14-15H2,(H,27,29). The maximum Gasteiger partial charge on any atom is 0.407 e. The maximum absolute atomic E-state index is 14.3. The van der Waals surface area contributed by atoms with Gasteiger partial charge in [0.15, 0.2) is 0 Å². The van der Waals surface area contributed by atoms with Crippen LogP contribution in [0, 0.1) is 0 Å². The van der Waals surface area contributed by atoms with Crippen LogP contribution in [0.2, 0.25) is 0 Å². The topological polar surface area (TPSA) is 58.6 Å². The summed E-state index contributed by atoms with van der Waals surface area (Å²) in [5.41, 5.74) is 4.00. The summed E-state index contributed by atoms with van der Waals surface area (Å²) < 4.78 is 33.9. The van der Waals surface area contributed by atoms with Crippen molar-refractivity contribution in [3.8, 4) is 11.1 Å². The zero-order chi connectivity index (χ0) is 21.1. The summed E-state index contributed by atoms with van der Waals surface area (Å²) in [4.78, 5) is 12.1. The molecule has 154 valence electrons. The summed E-state index contributed by atoms with van der Waals surface area (Å²) in [6, 6.07) is 22.8. The smallest absolute Gasteiger partial charge is 0.407 e. The summed E-state index contributed by atoms with van der Waals surface area (Å²) in [5, 5.41) is 12.1. The molecular formula is C24H21F2NO3. The Morgan fingerprint density at radius 1 is 0.933 bits per heavy atom. The van der Waals surface area contributed by atoms with Gasteiger partial charge in [0, 0.05) is 11.5 Å². The maximum atomic E-state index is 14.3. The van der Waals surface area contributed by atoms with Crippen LogP contribution < -0.4 is 5.32 Å². The molecule has 1 atom stereocenters. The largest absolute Gasteiger partial charge is 0.449 e. The average molecular weight is 409 g/mol. The monoisotopic (exact) mass is 409 g/mol. The van der Waals surface area contributed by atoms with E-state index >= 15 is 0 Å². The molecule has 0 aliphatic heterocycles. The first-order chi connectivity index (χ1) is 14.5. The molecule has 0 spiro atoms. The molecule has 0 saturated carbocycles. The summed E-state index contributed by atoms with van der Waals surface area (Å²) in [7, 11) is 0. The van der Waals surface area contributed by atoms with E-state index in [1.165, 1.54) is 24.3 Å². The molecule has 0 saturated heterocycles. The second-order valence-corrected chi connectivity index (χ2v) is 7.21. The molecule has 6 heteroatoms. The van der Waals surface area contributed by atoms with E-state index in [9.17, 15) is 18.7 Å². The van der Waals surface area contributed by atoms with Crippen molar-refractivity contribution in [3.63, 3.8) is 0 Å². The van der Waals surface area contributed by atoms with Crippen LogP contribution in [0.1, 0.15) is 22.6 Å². The first-order valence-electron chi connectivity index (χ1n) is 9.68. The summed E-state index contributed by atoms with van der Waals surface area (Å²) in [5.74, 6) is -3.61. The minimum Gasteiger partial charge on any atom is -0.449 e. The number of carbonyl (C=O) groups excluding carboxylic acids is 1. The van der Waals surface area contributed by atoms with Gasteiger partial charge in [0.25, 0.3) is 5.92 Å². The number of fused-ring (bicyclic) bond motifs is 3. The highest BCUT2D eigenvalue weighted by atomic mass is 19.3. The van der Waals surface area contributed by atoms with Gasteiger partial charge in [-0.05, 0) is 22.3 Å². The van der Waals surface area contributed by atoms with Gasteiger partial charge in [-0.3, -0.25) is 0 Å². The van der Waals surface area contributed by atoms with E-state index in [0.717, 1.165) is 22.3 Å². The molecule has 0 radical (unpaired) electrons. The molecular weight excluding hydrogens is 388 g/mol. The van der Waals surface area contributed by atoms with Gasteiger partial charge in [-0.25, -0.2) is 4.79 Å². The molecule has 3 aromatic rings. The fraction of sp³-hybridized carbons (Fsp3) is 0.208. The highest BCUT2D eigenvalue weighted by Gasteiger charge is 2.40. The molecule has 30 heavy (non-hydrogen) atoms. The Bertz CT molecular complexity index is 994. The number of alkyl halides is 2. The van der Waals surface area contributed by atoms with Crippen molar-refractivity contribution in [1.82, 2.24) is 5.32 Å². The summed E-state index contributed by atoms with van der Waals surface area (Å²) in [6.07, 6.45) is -2.92. The van der Waals surface area contributed by atoms with Gasteiger partial charge in [-0.2, -0.15) is 8.78 Å². The number of ether oxygens (including phenoxy) is 1. The lowest BCUT2D eigenvalue weighted by Gasteiger charge is -2.23. The molecule has 1 unspecified atom stereocenters. The van der Waals surface area contributed by atoms with Crippen LogP contribution in [0.15, 0.2) is 78.9 Å². The van der Waals surface area contributed by atoms with Gasteiger partial charge >= 0.3 is 6.09 Å². The Kier molecular flexibility index (Phi) is 5.50. The van der Waals surface area contributed by atoms with Crippen molar-refractivity contribution in [2.75, 3.05) is 13.2 Å². The van der Waals surface area contributed by atoms with Crippen LogP contribution in [-0.4, -0.2) is 30.5 Å². The third-order valence-electron chi connectivity index (χ3n) is 5.36. The molecule has 0 heterocycles. The number of aliphatic hydroxyl groups excluding tert-OH is 1. The zero-order valence-electron chi connectivity index (χ0n) is 16.1. The Morgan fingerprint density at radius 3 is 2.07 bits per heavy atom. The summed E-state index contributed by atoms with van der Waals surface area (Å²) >= 11 is 0. The minimum absolute atomic E-state index is 0.0744. The average Bonchev–Trinajstić information content (AvgIpc) is 3.10. The summed E-state index contributed by atoms with van der Waals surface area (Å²) in [6.45, 7) is -0.552. The Hall–Kier alpha value is -3.25. The fourth-order valence-corrected chi connectivity index (χ4v) is 3.81. The van der Waals surface area contributed by atoms with Crippen molar-refractivity contribution < 1.29 is 23.4 Å². The van der Waals surface area contributed by atoms with Crippen LogP contribution >= 0.6 is 0 Å². The van der Waals surface area contributed by atoms with Crippen LogP contribution in [0.5, 0.6) is 0 Å². The van der Waals surface area contributed by atoms with Crippen molar-refractivity contribution in [2.24, 2.45) is 0 Å². The number of hydrogen-bond donors (Lipinski definition) is 2. The van der Waals surface area contributed by atoms with Gasteiger partial charge in [0.05, 0.1) is 6.54 Å². The minimum atomic E-state index is -3.49. The molecule has 1 aliphatic rings. The SMILES string of the molecule is O=C(NCC(O)C(F)(F)c1ccccc1)OCC1c2ccccc2-c2ccccc21. The van der Waals surface area contributed by atoms with Gasteiger partial charge in [0.2, 0.25) is 0 Å². The first kappa shape index (κ1) is 20.0. The third-order valence-corrected chi connectivity index (χ3v) is 5.36. The third kappa shape index (κ3) is 3.78. The number of aliphatic hydroxyl groups is 1. The number of amides is 1. The van der Waals surface area contributed by atoms with Gasteiger partial charge in [0.1, 0.15) is 12.7 Å². The van der Waals surface area contributed by atoms with Crippen molar-refractivity contribution in [3.05, 3.63) is 95.6 Å². The molecule has 1 amide bonds. The van der Waals surface area contributed by atoms with Crippen LogP contribution in [0.4, 0.5) is 13.6 Å². The number of nitrogens with one attached hydrogen (secondary N) is 1. The van der Waals surface area contributed by atoms with Gasteiger partial charge in [-0.1, -0.05) is 78.9 Å². The second-order valence-electron chi connectivity index (χ2n) is 7.21. The number of rotatable bonds is 6. The lowest BCUT2D eigenvalue weighted by Crippen LogP contribution is -2.42. The van der Waals surface area contributed by atoms with E-state index < -0.39 is 24.7 Å². The lowest BCUT2D eigenvalue weighted by molar-refractivity contribution is -0.112. The van der Waals surface area contributed by atoms with Crippen molar-refractivity contribution >= 4 is 6.09 Å². The predicted molar refractivity (Wildman–Crippen MR) is 109 cm³/mol. The lowest BCUT2D eigenvalue weighted by atomic mass is 9.98. The molecule has 3 aromatic carbocycles. The van der Waals surface area contributed by atoms with Crippen LogP contribution in [-0.2, 0) is 10.7 Å². The van der Waals surface area contributed by atoms with E-state index in [-0.39, 0.29) is 18.1 Å².